The molecule has 0 unspecified atom stereocenters. The predicted octanol–water partition coefficient (Wildman–Crippen LogP) is 2.24. The van der Waals surface area contributed by atoms with E-state index < -0.39 is 0 Å². The molecular formula is C21H31N3O3. The monoisotopic (exact) mass is 373 g/mol. The maximum Gasteiger partial charge on any atom is 0.255 e. The van der Waals surface area contributed by atoms with Crippen LogP contribution in [-0.4, -0.2) is 75.6 Å². The number of methoxy groups -OCH3 is 1. The average molecular weight is 373 g/mol. The van der Waals surface area contributed by atoms with E-state index in [9.17, 15) is 9.59 Å². The zero-order valence-corrected chi connectivity index (χ0v) is 16.7. The highest BCUT2D eigenvalue weighted by atomic mass is 16.5. The van der Waals surface area contributed by atoms with Gasteiger partial charge >= 0.3 is 0 Å². The van der Waals surface area contributed by atoms with Crippen molar-refractivity contribution >= 4 is 17.5 Å². The third-order valence-corrected chi connectivity index (χ3v) is 5.88. The lowest BCUT2D eigenvalue weighted by molar-refractivity contribution is -0.139. The maximum atomic E-state index is 13.3. The van der Waals surface area contributed by atoms with Gasteiger partial charge in [-0.3, -0.25) is 9.59 Å². The summed E-state index contributed by atoms with van der Waals surface area (Å²) in [5.74, 6) is 0.304. The topological polar surface area (TPSA) is 53.1 Å². The molecule has 0 radical (unpaired) electrons. The van der Waals surface area contributed by atoms with Crippen molar-refractivity contribution in [3.63, 3.8) is 0 Å². The lowest BCUT2D eigenvalue weighted by atomic mass is 9.73. The molecule has 2 aliphatic heterocycles. The van der Waals surface area contributed by atoms with Crippen molar-refractivity contribution in [1.29, 1.82) is 0 Å². The van der Waals surface area contributed by atoms with E-state index in [0.717, 1.165) is 50.1 Å². The van der Waals surface area contributed by atoms with Crippen molar-refractivity contribution < 1.29 is 14.3 Å². The van der Waals surface area contributed by atoms with E-state index in [1.807, 2.05) is 53.1 Å². The molecule has 2 fully saturated rings. The van der Waals surface area contributed by atoms with Gasteiger partial charge in [0.1, 0.15) is 0 Å². The van der Waals surface area contributed by atoms with Gasteiger partial charge in [-0.2, -0.15) is 0 Å². The van der Waals surface area contributed by atoms with Crippen molar-refractivity contribution in [2.24, 2.45) is 5.41 Å². The summed E-state index contributed by atoms with van der Waals surface area (Å²) >= 11 is 0. The minimum atomic E-state index is 0.0165. The zero-order chi connectivity index (χ0) is 19.4. The number of carbonyl (C=O) groups is 2. The van der Waals surface area contributed by atoms with Gasteiger partial charge in [0.05, 0.1) is 12.2 Å². The van der Waals surface area contributed by atoms with Crippen molar-refractivity contribution in [3.05, 3.63) is 29.8 Å². The summed E-state index contributed by atoms with van der Waals surface area (Å²) in [6.45, 7) is 3.43. The van der Waals surface area contributed by atoms with Crippen LogP contribution in [0.2, 0.25) is 0 Å². The van der Waals surface area contributed by atoms with Gasteiger partial charge in [0.15, 0.2) is 0 Å². The zero-order valence-electron chi connectivity index (χ0n) is 16.7. The Balaban J connectivity index is 1.76. The summed E-state index contributed by atoms with van der Waals surface area (Å²) in [7, 11) is 5.59. The number of hydrogen-bond acceptors (Lipinski definition) is 4. The molecule has 1 atom stereocenters. The number of para-hydroxylation sites is 1. The summed E-state index contributed by atoms with van der Waals surface area (Å²) < 4.78 is 5.16. The number of hydrogen-bond donors (Lipinski definition) is 0. The van der Waals surface area contributed by atoms with Gasteiger partial charge in [-0.25, -0.2) is 0 Å². The third kappa shape index (κ3) is 4.26. The van der Waals surface area contributed by atoms with E-state index in [1.165, 1.54) is 0 Å². The minimum Gasteiger partial charge on any atom is -0.383 e. The first kappa shape index (κ1) is 19.7. The Labute approximate surface area is 162 Å². The number of rotatable bonds is 5. The molecule has 2 aliphatic rings. The molecule has 148 valence electrons. The molecule has 0 bridgehead atoms. The van der Waals surface area contributed by atoms with Crippen molar-refractivity contribution in [2.45, 2.75) is 25.7 Å². The summed E-state index contributed by atoms with van der Waals surface area (Å²) in [6, 6.07) is 7.78. The molecule has 0 aliphatic carbocycles. The highest BCUT2D eigenvalue weighted by Crippen LogP contribution is 2.39. The molecule has 0 saturated carbocycles. The fourth-order valence-electron chi connectivity index (χ4n) is 4.44. The standard InChI is InChI=1S/C21H31N3O3/c1-22(2)18-8-5-4-7-17(18)20(26)24-12-6-10-21(16-24)11-9-19(25)23(15-21)13-14-27-3/h4-5,7-8H,6,9-16H2,1-3H3/t21-/m1/s1. The SMILES string of the molecule is COCCN1C[C@@]2(CCCN(C(=O)c3ccccc3N(C)C)C2)CCC1=O. The number of amides is 2. The molecule has 1 spiro atoms. The normalized spacial score (nSPS) is 23.0. The molecule has 2 amide bonds. The van der Waals surface area contributed by atoms with E-state index >= 15 is 0 Å². The van der Waals surface area contributed by atoms with Crippen LogP contribution in [0.4, 0.5) is 5.69 Å². The number of piperidine rings is 2. The molecule has 2 heterocycles. The number of benzene rings is 1. The molecule has 27 heavy (non-hydrogen) atoms. The van der Waals surface area contributed by atoms with Gasteiger partial charge in [-0.05, 0) is 31.4 Å². The fourth-order valence-corrected chi connectivity index (χ4v) is 4.44. The first-order valence-corrected chi connectivity index (χ1v) is 9.78. The molecule has 3 rings (SSSR count). The molecule has 2 saturated heterocycles. The van der Waals surface area contributed by atoms with Gasteiger partial charge in [0, 0.05) is 64.9 Å². The van der Waals surface area contributed by atoms with Crippen LogP contribution in [0.1, 0.15) is 36.0 Å². The van der Waals surface area contributed by atoms with Crippen LogP contribution in [0.25, 0.3) is 0 Å². The molecule has 6 nitrogen and oxygen atoms in total. The van der Waals surface area contributed by atoms with E-state index in [1.54, 1.807) is 7.11 Å². The van der Waals surface area contributed by atoms with Crippen molar-refractivity contribution in [1.82, 2.24) is 9.80 Å². The van der Waals surface area contributed by atoms with E-state index in [-0.39, 0.29) is 17.2 Å². The van der Waals surface area contributed by atoms with Crippen LogP contribution < -0.4 is 4.90 Å². The summed E-state index contributed by atoms with van der Waals surface area (Å²) in [5, 5.41) is 0. The second-order valence-electron chi connectivity index (χ2n) is 8.05. The van der Waals surface area contributed by atoms with Crippen molar-refractivity contribution in [3.8, 4) is 0 Å². The van der Waals surface area contributed by atoms with E-state index in [2.05, 4.69) is 0 Å². The smallest absolute Gasteiger partial charge is 0.255 e. The summed E-state index contributed by atoms with van der Waals surface area (Å²) in [6.07, 6.45) is 3.50. The van der Waals surface area contributed by atoms with Gasteiger partial charge < -0.3 is 19.4 Å². The van der Waals surface area contributed by atoms with Gasteiger partial charge in [0.25, 0.3) is 5.91 Å². The summed E-state index contributed by atoms with van der Waals surface area (Å²) in [5.41, 5.74) is 1.72. The van der Waals surface area contributed by atoms with Crippen LogP contribution in [0.3, 0.4) is 0 Å². The lowest BCUT2D eigenvalue weighted by Crippen LogP contribution is -2.55. The molecular weight excluding hydrogens is 342 g/mol. The van der Waals surface area contributed by atoms with Crippen LogP contribution in [-0.2, 0) is 9.53 Å². The first-order chi connectivity index (χ1) is 13.0. The summed E-state index contributed by atoms with van der Waals surface area (Å²) in [4.78, 5) is 31.4. The Hall–Kier alpha value is -2.08. The Morgan fingerprint density at radius 2 is 2.00 bits per heavy atom. The molecule has 1 aromatic rings. The average Bonchev–Trinajstić information content (AvgIpc) is 2.68. The molecule has 0 N–H and O–H groups in total. The lowest BCUT2D eigenvalue weighted by Gasteiger charge is -2.48. The second kappa shape index (κ2) is 8.30. The number of anilines is 1. The number of carbonyl (C=O) groups excluding carboxylic acids is 2. The Kier molecular flexibility index (Phi) is 6.05. The minimum absolute atomic E-state index is 0.0165. The van der Waals surface area contributed by atoms with E-state index in [0.29, 0.717) is 19.6 Å². The van der Waals surface area contributed by atoms with Crippen LogP contribution >= 0.6 is 0 Å². The van der Waals surface area contributed by atoms with Gasteiger partial charge in [0.2, 0.25) is 5.91 Å². The third-order valence-electron chi connectivity index (χ3n) is 5.88. The number of ether oxygens (including phenoxy) is 1. The van der Waals surface area contributed by atoms with Crippen LogP contribution in [0, 0.1) is 5.41 Å². The number of likely N-dealkylation sites (tertiary alicyclic amines) is 2. The van der Waals surface area contributed by atoms with Crippen LogP contribution in [0.5, 0.6) is 0 Å². The Morgan fingerprint density at radius 1 is 1.22 bits per heavy atom. The number of nitrogens with zero attached hydrogens (tertiary/aromatic N) is 3. The molecule has 0 aromatic heterocycles. The van der Waals surface area contributed by atoms with Crippen molar-refractivity contribution in [2.75, 3.05) is 58.9 Å². The quantitative estimate of drug-likeness (QED) is 0.794. The highest BCUT2D eigenvalue weighted by molar-refractivity contribution is 5.99. The Morgan fingerprint density at radius 3 is 2.74 bits per heavy atom. The van der Waals surface area contributed by atoms with Gasteiger partial charge in [-0.15, -0.1) is 0 Å². The molecule has 6 heteroatoms. The fraction of sp³-hybridized carbons (Fsp3) is 0.619. The predicted molar refractivity (Wildman–Crippen MR) is 106 cm³/mol. The van der Waals surface area contributed by atoms with Gasteiger partial charge in [-0.1, -0.05) is 12.1 Å². The first-order valence-electron chi connectivity index (χ1n) is 9.78. The molecule has 1 aromatic carbocycles. The van der Waals surface area contributed by atoms with Crippen LogP contribution in [0.15, 0.2) is 24.3 Å². The van der Waals surface area contributed by atoms with E-state index in [4.69, 9.17) is 4.74 Å². The second-order valence-corrected chi connectivity index (χ2v) is 8.05. The Bertz CT molecular complexity index is 691. The highest BCUT2D eigenvalue weighted by Gasteiger charge is 2.42. The largest absolute Gasteiger partial charge is 0.383 e. The maximum absolute atomic E-state index is 13.3.